The van der Waals surface area contributed by atoms with Gasteiger partial charge in [-0.05, 0) is 64.1 Å². The number of rotatable bonds is 0. The fraction of sp³-hybridized carbons (Fsp3) is 0.0968. The summed E-state index contributed by atoms with van der Waals surface area (Å²) in [5.41, 5.74) is -7.17. The lowest BCUT2D eigenvalue weighted by atomic mass is 9.84. The van der Waals surface area contributed by atoms with E-state index in [4.69, 9.17) is 0 Å². The molecule has 0 fully saturated rings. The van der Waals surface area contributed by atoms with Crippen LogP contribution in [0.3, 0.4) is 0 Å². The van der Waals surface area contributed by atoms with Gasteiger partial charge in [-0.1, -0.05) is 18.7 Å². The quantitative estimate of drug-likeness (QED) is 0.238. The van der Waals surface area contributed by atoms with Crippen LogP contribution in [0.25, 0.3) is 16.7 Å². The predicted octanol–water partition coefficient (Wildman–Crippen LogP) is 7.20. The van der Waals surface area contributed by atoms with Gasteiger partial charge < -0.3 is 0 Å². The molecule has 0 saturated carbocycles. The average molecular weight is 580 g/mol. The van der Waals surface area contributed by atoms with Gasteiger partial charge in [0.25, 0.3) is 0 Å². The highest BCUT2D eigenvalue weighted by atomic mass is 19.4. The van der Waals surface area contributed by atoms with Crippen LogP contribution in [0.2, 0.25) is 0 Å². The van der Waals surface area contributed by atoms with Crippen molar-refractivity contribution in [3.05, 3.63) is 110 Å². The maximum Gasteiger partial charge on any atom is 0.417 e. The van der Waals surface area contributed by atoms with Crippen LogP contribution in [0.5, 0.6) is 0 Å². The summed E-state index contributed by atoms with van der Waals surface area (Å²) in [7, 11) is 0. The first-order valence-corrected chi connectivity index (χ1v) is 11.8. The summed E-state index contributed by atoms with van der Waals surface area (Å²) < 4.78 is 83.3. The standard InChI is InChI=1S/C31H10F6N6/c1-15-6-22-20(21-7-17(9-38)26(31(35,36)37)8-23(21)28(22)19(12-41)13-42)4-2-16-3-5-25(30(32,33)34)24(14-43)29(16)27(15)18(10-39)11-40/h3-8H,1-2H2/b20-4-,22-6+. The van der Waals surface area contributed by atoms with E-state index in [0.29, 0.717) is 12.1 Å². The van der Waals surface area contributed by atoms with Crippen molar-refractivity contribution in [1.29, 1.82) is 31.6 Å². The molecule has 0 aliphatic heterocycles. The van der Waals surface area contributed by atoms with Crippen molar-refractivity contribution in [2.24, 2.45) is 0 Å². The summed E-state index contributed by atoms with van der Waals surface area (Å²) in [4.78, 5) is 0. The molecular weight excluding hydrogens is 570 g/mol. The summed E-state index contributed by atoms with van der Waals surface area (Å²) >= 11 is 0. The molecule has 2 aliphatic rings. The van der Waals surface area contributed by atoms with Crippen LogP contribution in [0.1, 0.15) is 44.5 Å². The molecule has 4 rings (SSSR count). The molecule has 0 bridgehead atoms. The minimum Gasteiger partial charge on any atom is -0.192 e. The van der Waals surface area contributed by atoms with Crippen LogP contribution in [-0.4, -0.2) is 0 Å². The van der Waals surface area contributed by atoms with Crippen LogP contribution in [0, 0.1) is 68.0 Å². The third-order valence-corrected chi connectivity index (χ3v) is 6.77. The molecule has 206 valence electrons. The first-order valence-electron chi connectivity index (χ1n) is 11.8. The Balaban J connectivity index is 2.24. The van der Waals surface area contributed by atoms with Crippen molar-refractivity contribution < 1.29 is 26.3 Å². The van der Waals surface area contributed by atoms with E-state index in [-0.39, 0.29) is 45.4 Å². The molecule has 0 N–H and O–H groups in total. The van der Waals surface area contributed by atoms with E-state index in [2.05, 4.69) is 6.58 Å². The fourth-order valence-electron chi connectivity index (χ4n) is 5.05. The van der Waals surface area contributed by atoms with Gasteiger partial charge in [0.15, 0.2) is 0 Å². The predicted molar refractivity (Wildman–Crippen MR) is 138 cm³/mol. The summed E-state index contributed by atoms with van der Waals surface area (Å²) in [5, 5.41) is 58.1. The highest BCUT2D eigenvalue weighted by Crippen LogP contribution is 2.51. The molecule has 0 amide bonds. The van der Waals surface area contributed by atoms with Crippen LogP contribution in [-0.2, 0) is 18.8 Å². The monoisotopic (exact) mass is 580 g/mol. The van der Waals surface area contributed by atoms with E-state index in [1.54, 1.807) is 24.3 Å². The molecule has 0 radical (unpaired) electrons. The Labute approximate surface area is 239 Å². The highest BCUT2D eigenvalue weighted by molar-refractivity contribution is 6.12. The van der Waals surface area contributed by atoms with Gasteiger partial charge >= 0.3 is 12.4 Å². The number of hydrogen-bond donors (Lipinski definition) is 0. The zero-order valence-electron chi connectivity index (χ0n) is 21.3. The lowest BCUT2D eigenvalue weighted by molar-refractivity contribution is -0.138. The molecule has 0 aromatic heterocycles. The summed E-state index contributed by atoms with van der Waals surface area (Å²) in [6, 6.07) is 12.7. The van der Waals surface area contributed by atoms with E-state index in [1.807, 2.05) is 0 Å². The Kier molecular flexibility index (Phi) is 7.29. The molecule has 0 heterocycles. The Morgan fingerprint density at radius 1 is 0.698 bits per heavy atom. The first kappa shape index (κ1) is 29.6. The van der Waals surface area contributed by atoms with Crippen molar-refractivity contribution in [3.63, 3.8) is 0 Å². The molecule has 0 unspecified atom stereocenters. The second-order valence-electron chi connectivity index (χ2n) is 9.04. The van der Waals surface area contributed by atoms with Crippen molar-refractivity contribution in [2.75, 3.05) is 0 Å². The molecule has 2 aliphatic carbocycles. The number of nitrogens with zero attached hydrogens (tertiary/aromatic N) is 6. The molecule has 0 spiro atoms. The lowest BCUT2D eigenvalue weighted by Crippen LogP contribution is -2.12. The maximum absolute atomic E-state index is 13.9. The molecule has 43 heavy (non-hydrogen) atoms. The lowest BCUT2D eigenvalue weighted by Gasteiger charge is -2.19. The minimum absolute atomic E-state index is 0.0174. The Morgan fingerprint density at radius 2 is 1.28 bits per heavy atom. The molecule has 0 atom stereocenters. The van der Waals surface area contributed by atoms with E-state index in [0.717, 1.165) is 18.2 Å². The Hall–Kier alpha value is -6.34. The molecular formula is C31H10F6N6. The largest absolute Gasteiger partial charge is 0.417 e. The number of halogens is 6. The zero-order valence-corrected chi connectivity index (χ0v) is 21.3. The van der Waals surface area contributed by atoms with E-state index >= 15 is 0 Å². The van der Waals surface area contributed by atoms with E-state index in [1.165, 1.54) is 18.2 Å². The number of nitriles is 6. The minimum atomic E-state index is -4.99. The molecule has 12 heteroatoms. The molecule has 2 aromatic carbocycles. The highest BCUT2D eigenvalue weighted by Gasteiger charge is 2.40. The number of alkyl halides is 6. The number of fused-ring (bicyclic) bond motifs is 4. The fourth-order valence-corrected chi connectivity index (χ4v) is 5.05. The van der Waals surface area contributed by atoms with Gasteiger partial charge in [-0.3, -0.25) is 0 Å². The Bertz CT molecular complexity index is 2010. The van der Waals surface area contributed by atoms with Gasteiger partial charge in [-0.25, -0.2) is 0 Å². The summed E-state index contributed by atoms with van der Waals surface area (Å²) in [6.45, 7) is 3.81. The Morgan fingerprint density at radius 3 is 1.79 bits per heavy atom. The van der Waals surface area contributed by atoms with Crippen molar-refractivity contribution in [1.82, 2.24) is 0 Å². The number of allylic oxidation sites excluding steroid dienone is 9. The van der Waals surface area contributed by atoms with E-state index in [9.17, 15) is 57.9 Å². The third-order valence-electron chi connectivity index (χ3n) is 6.77. The SMILES string of the molecule is C=C1/C=C2/C(=C(C#N)C#N)c3cc(C(F)(F)F)c(C#N)cc3/C2=C/Cc2ccc(C(F)(F)F)c(C#N)c2C1=C(C#N)C#N. The van der Waals surface area contributed by atoms with Gasteiger partial charge in [0.05, 0.1) is 28.3 Å². The van der Waals surface area contributed by atoms with Gasteiger partial charge in [-0.2, -0.15) is 57.9 Å². The van der Waals surface area contributed by atoms with Crippen molar-refractivity contribution in [3.8, 4) is 36.4 Å². The maximum atomic E-state index is 13.9. The van der Waals surface area contributed by atoms with Crippen LogP contribution in [0.4, 0.5) is 26.3 Å². The molecule has 0 saturated heterocycles. The smallest absolute Gasteiger partial charge is 0.192 e. The third kappa shape index (κ3) is 4.81. The number of hydrogen-bond acceptors (Lipinski definition) is 6. The number of benzene rings is 2. The molecule has 6 nitrogen and oxygen atoms in total. The van der Waals surface area contributed by atoms with Crippen LogP contribution < -0.4 is 0 Å². The summed E-state index contributed by atoms with van der Waals surface area (Å²) in [6.07, 6.45) is -7.75. The van der Waals surface area contributed by atoms with Crippen molar-refractivity contribution >= 4 is 16.7 Å². The van der Waals surface area contributed by atoms with Crippen LogP contribution in [0.15, 0.2) is 65.3 Å². The summed E-state index contributed by atoms with van der Waals surface area (Å²) in [5.74, 6) is 0. The first-order chi connectivity index (χ1) is 20.3. The van der Waals surface area contributed by atoms with Crippen molar-refractivity contribution in [2.45, 2.75) is 18.8 Å². The zero-order chi connectivity index (χ0) is 31.9. The van der Waals surface area contributed by atoms with Gasteiger partial charge in [0.1, 0.15) is 41.5 Å². The molecule has 2 aromatic rings. The van der Waals surface area contributed by atoms with Gasteiger partial charge in [0, 0.05) is 16.7 Å². The van der Waals surface area contributed by atoms with Gasteiger partial charge in [-0.15, -0.1) is 0 Å². The topological polar surface area (TPSA) is 143 Å². The average Bonchev–Trinajstić information content (AvgIpc) is 3.26. The van der Waals surface area contributed by atoms with E-state index < -0.39 is 56.9 Å². The normalized spacial score (nSPS) is 16.2. The second-order valence-corrected chi connectivity index (χ2v) is 9.04. The van der Waals surface area contributed by atoms with Gasteiger partial charge in [0.2, 0.25) is 0 Å². The second kappa shape index (κ2) is 10.6. The van der Waals surface area contributed by atoms with Crippen LogP contribution >= 0.6 is 0 Å².